The molecule has 2 aliphatic heterocycles. The van der Waals surface area contributed by atoms with Gasteiger partial charge in [-0.15, -0.1) is 0 Å². The van der Waals surface area contributed by atoms with E-state index in [1.54, 1.807) is 37.4 Å². The highest BCUT2D eigenvalue weighted by Gasteiger charge is 2.45. The van der Waals surface area contributed by atoms with Crippen molar-refractivity contribution in [3.8, 4) is 0 Å². The summed E-state index contributed by atoms with van der Waals surface area (Å²) in [4.78, 5) is 40.8. The highest BCUT2D eigenvalue weighted by Crippen LogP contribution is 2.44. The number of carboxylic acid groups (broad SMARTS) is 1. The van der Waals surface area contributed by atoms with Gasteiger partial charge in [-0.3, -0.25) is 14.5 Å². The van der Waals surface area contributed by atoms with Gasteiger partial charge in [0.15, 0.2) is 0 Å². The van der Waals surface area contributed by atoms with Gasteiger partial charge >= 0.3 is 5.97 Å². The lowest BCUT2D eigenvalue weighted by molar-refractivity contribution is -0.145. The van der Waals surface area contributed by atoms with Crippen LogP contribution < -0.4 is 4.90 Å². The number of thioether (sulfide) groups is 1. The van der Waals surface area contributed by atoms with Crippen LogP contribution >= 0.6 is 24.0 Å². The summed E-state index contributed by atoms with van der Waals surface area (Å²) in [5, 5.41) is 9.78. The number of fused-ring (bicyclic) bond motifs is 1. The first-order valence-corrected chi connectivity index (χ1v) is 10.1. The zero-order chi connectivity index (χ0) is 20.7. The minimum Gasteiger partial charge on any atom is -0.480 e. The molecule has 8 heteroatoms. The quantitative estimate of drug-likeness (QED) is 0.601. The molecule has 146 valence electrons. The molecule has 0 aliphatic carbocycles. The summed E-state index contributed by atoms with van der Waals surface area (Å²) in [5.41, 5.74) is 2.41. The van der Waals surface area contributed by atoms with E-state index in [0.717, 1.165) is 22.2 Å². The largest absolute Gasteiger partial charge is 0.480 e. The maximum absolute atomic E-state index is 13.2. The average molecular weight is 425 g/mol. The topological polar surface area (TPSA) is 77.9 Å². The van der Waals surface area contributed by atoms with Crippen molar-refractivity contribution >= 4 is 57.3 Å². The zero-order valence-electron chi connectivity index (χ0n) is 15.4. The lowest BCUT2D eigenvalue weighted by atomic mass is 10.0. The number of anilines is 1. The number of thiocarbonyl (C=S) groups is 1. The predicted octanol–water partition coefficient (Wildman–Crippen LogP) is 2.93. The minimum absolute atomic E-state index is 0.121. The highest BCUT2D eigenvalue weighted by atomic mass is 32.2. The Balaban J connectivity index is 1.75. The van der Waals surface area contributed by atoms with Crippen LogP contribution in [-0.4, -0.2) is 45.2 Å². The second-order valence-corrected chi connectivity index (χ2v) is 8.32. The summed E-state index contributed by atoms with van der Waals surface area (Å²) < 4.78 is 0.140. The number of para-hydroxylation sites is 1. The van der Waals surface area contributed by atoms with Gasteiger partial charge in [-0.1, -0.05) is 72.5 Å². The van der Waals surface area contributed by atoms with Crippen molar-refractivity contribution in [2.24, 2.45) is 0 Å². The fourth-order valence-electron chi connectivity index (χ4n) is 3.51. The standard InChI is InChI=1S/C21H16N2O4S2/c1-22-14-10-6-5-9-13(14)16(18(22)24)17-19(25)23(21(28)29-17)15(20(26)27)11-12-7-3-2-4-8-12/h2-10,15H,11H2,1H3,(H,26,27). The van der Waals surface area contributed by atoms with Crippen molar-refractivity contribution < 1.29 is 19.5 Å². The number of rotatable bonds is 4. The number of carbonyl (C=O) groups excluding carboxylic acids is 2. The SMILES string of the molecule is CN1C(=O)C(=C2SC(=S)N(C(Cc3ccccc3)C(=O)O)C2=O)c2ccccc21. The van der Waals surface area contributed by atoms with Crippen LogP contribution in [0.4, 0.5) is 5.69 Å². The van der Waals surface area contributed by atoms with Crippen LogP contribution in [0.15, 0.2) is 59.5 Å². The number of likely N-dealkylation sites (N-methyl/N-ethyl adjacent to an activating group) is 1. The van der Waals surface area contributed by atoms with E-state index in [0.29, 0.717) is 11.3 Å². The third-order valence-electron chi connectivity index (χ3n) is 4.95. The lowest BCUT2D eigenvalue weighted by Crippen LogP contribution is -2.45. The first-order valence-electron chi connectivity index (χ1n) is 8.84. The molecule has 2 heterocycles. The van der Waals surface area contributed by atoms with E-state index in [-0.39, 0.29) is 27.1 Å². The van der Waals surface area contributed by atoms with Gasteiger partial charge in [0.2, 0.25) is 0 Å². The van der Waals surface area contributed by atoms with Gasteiger partial charge in [0, 0.05) is 19.0 Å². The number of carboxylic acids is 1. The van der Waals surface area contributed by atoms with Crippen LogP contribution in [-0.2, 0) is 20.8 Å². The molecule has 1 atom stereocenters. The summed E-state index contributed by atoms with van der Waals surface area (Å²) in [7, 11) is 1.64. The van der Waals surface area contributed by atoms with E-state index in [4.69, 9.17) is 12.2 Å². The zero-order valence-corrected chi connectivity index (χ0v) is 17.0. The molecule has 0 spiro atoms. The summed E-state index contributed by atoms with van der Waals surface area (Å²) in [6.07, 6.45) is 0.121. The van der Waals surface area contributed by atoms with Crippen molar-refractivity contribution in [1.29, 1.82) is 0 Å². The van der Waals surface area contributed by atoms with Gasteiger partial charge in [-0.05, 0) is 11.6 Å². The first kappa shape index (κ1) is 19.4. The summed E-state index contributed by atoms with van der Waals surface area (Å²) in [6, 6.07) is 15.1. The van der Waals surface area contributed by atoms with Gasteiger partial charge in [0.25, 0.3) is 11.8 Å². The molecule has 1 saturated heterocycles. The number of nitrogens with zero attached hydrogens (tertiary/aromatic N) is 2. The molecule has 1 unspecified atom stereocenters. The van der Waals surface area contributed by atoms with E-state index in [2.05, 4.69) is 0 Å². The third kappa shape index (κ3) is 3.24. The van der Waals surface area contributed by atoms with Crippen molar-refractivity contribution in [1.82, 2.24) is 4.90 Å². The maximum Gasteiger partial charge on any atom is 0.327 e. The molecule has 6 nitrogen and oxygen atoms in total. The van der Waals surface area contributed by atoms with Crippen LogP contribution in [0.5, 0.6) is 0 Å². The van der Waals surface area contributed by atoms with Crippen molar-refractivity contribution in [2.45, 2.75) is 12.5 Å². The fourth-order valence-corrected chi connectivity index (χ4v) is 4.94. The van der Waals surface area contributed by atoms with Crippen LogP contribution in [0.2, 0.25) is 0 Å². The molecule has 0 bridgehead atoms. The smallest absolute Gasteiger partial charge is 0.327 e. The molecule has 0 saturated carbocycles. The maximum atomic E-state index is 13.2. The molecule has 2 aromatic rings. The van der Waals surface area contributed by atoms with E-state index < -0.39 is 17.9 Å². The summed E-state index contributed by atoms with van der Waals surface area (Å²) >= 11 is 6.34. The van der Waals surface area contributed by atoms with Gasteiger partial charge < -0.3 is 10.0 Å². The minimum atomic E-state index is -1.15. The fraction of sp³-hybridized carbons (Fsp3) is 0.143. The lowest BCUT2D eigenvalue weighted by Gasteiger charge is -2.23. The Labute approximate surface area is 176 Å². The number of carbonyl (C=O) groups is 3. The normalized spacial score (nSPS) is 19.7. The molecule has 0 aromatic heterocycles. The molecule has 2 amide bonds. The molecular weight excluding hydrogens is 408 g/mol. The Bertz CT molecular complexity index is 1080. The summed E-state index contributed by atoms with van der Waals surface area (Å²) in [6.45, 7) is 0. The van der Waals surface area contributed by atoms with Crippen LogP contribution in [0, 0.1) is 0 Å². The molecule has 29 heavy (non-hydrogen) atoms. The van der Waals surface area contributed by atoms with Crippen LogP contribution in [0.1, 0.15) is 11.1 Å². The van der Waals surface area contributed by atoms with Crippen LogP contribution in [0.25, 0.3) is 5.57 Å². The molecule has 2 aromatic carbocycles. The molecule has 2 aliphatic rings. The van der Waals surface area contributed by atoms with E-state index in [9.17, 15) is 19.5 Å². The number of hydrogen-bond acceptors (Lipinski definition) is 5. The molecule has 0 radical (unpaired) electrons. The van der Waals surface area contributed by atoms with E-state index in [1.165, 1.54) is 4.90 Å². The Morgan fingerprint density at radius 2 is 1.72 bits per heavy atom. The molecular formula is C21H16N2O4S2. The Kier molecular flexibility index (Phi) is 4.97. The van der Waals surface area contributed by atoms with Crippen molar-refractivity contribution in [2.75, 3.05) is 11.9 Å². The molecule has 1 N–H and O–H groups in total. The Morgan fingerprint density at radius 3 is 2.41 bits per heavy atom. The molecule has 1 fully saturated rings. The van der Waals surface area contributed by atoms with Gasteiger partial charge in [-0.2, -0.15) is 0 Å². The number of benzene rings is 2. The second-order valence-electron chi connectivity index (χ2n) is 6.67. The van der Waals surface area contributed by atoms with E-state index >= 15 is 0 Å². The van der Waals surface area contributed by atoms with Crippen molar-refractivity contribution in [3.63, 3.8) is 0 Å². The Morgan fingerprint density at radius 1 is 1.07 bits per heavy atom. The highest BCUT2D eigenvalue weighted by molar-refractivity contribution is 8.26. The van der Waals surface area contributed by atoms with Gasteiger partial charge in [-0.25, -0.2) is 4.79 Å². The monoisotopic (exact) mass is 424 g/mol. The average Bonchev–Trinajstić information content (AvgIpc) is 3.14. The van der Waals surface area contributed by atoms with E-state index in [1.807, 2.05) is 24.3 Å². The summed E-state index contributed by atoms with van der Waals surface area (Å²) in [5.74, 6) is -2.00. The first-order chi connectivity index (χ1) is 13.9. The van der Waals surface area contributed by atoms with Crippen LogP contribution in [0.3, 0.4) is 0 Å². The van der Waals surface area contributed by atoms with Gasteiger partial charge in [0.05, 0.1) is 16.2 Å². The Hall–Kier alpha value is -2.97. The molecule has 4 rings (SSSR count). The third-order valence-corrected chi connectivity index (χ3v) is 6.35. The number of amides is 2. The predicted molar refractivity (Wildman–Crippen MR) is 115 cm³/mol. The number of aliphatic carboxylic acids is 1. The number of hydrogen-bond donors (Lipinski definition) is 1. The van der Waals surface area contributed by atoms with Crippen molar-refractivity contribution in [3.05, 3.63) is 70.6 Å². The van der Waals surface area contributed by atoms with Gasteiger partial charge in [0.1, 0.15) is 10.4 Å². The second kappa shape index (κ2) is 7.46.